The van der Waals surface area contributed by atoms with Crippen LogP contribution in [0.25, 0.3) is 55.8 Å². The van der Waals surface area contributed by atoms with E-state index >= 15 is 0 Å². The molecular formula is C56H58ClN11O8. The van der Waals surface area contributed by atoms with Crippen molar-refractivity contribution in [2.45, 2.75) is 69.3 Å². The molecule has 2 aliphatic rings. The Morgan fingerprint density at radius 2 is 1.57 bits per heavy atom. The van der Waals surface area contributed by atoms with Crippen LogP contribution in [0.5, 0.6) is 23.3 Å². The number of imidazole rings is 1. The van der Waals surface area contributed by atoms with Gasteiger partial charge in [0.15, 0.2) is 17.4 Å². The van der Waals surface area contributed by atoms with Gasteiger partial charge in [-0.3, -0.25) is 9.59 Å². The van der Waals surface area contributed by atoms with Crippen LogP contribution in [0, 0.1) is 5.41 Å². The molecule has 6 N–H and O–H groups in total. The molecule has 20 heteroatoms. The largest absolute Gasteiger partial charge is 0.492 e. The fourth-order valence-electron chi connectivity index (χ4n) is 9.39. The van der Waals surface area contributed by atoms with E-state index in [1.807, 2.05) is 113 Å². The van der Waals surface area contributed by atoms with Crippen molar-refractivity contribution in [1.29, 1.82) is 5.41 Å². The number of unbranched alkanes of at least 4 members (excludes halogenated alkanes) is 2. The number of hydrogen-bond donors (Lipinski definition) is 5. The van der Waals surface area contributed by atoms with Gasteiger partial charge in [0.05, 0.1) is 54.0 Å². The van der Waals surface area contributed by atoms with Crippen molar-refractivity contribution in [2.75, 3.05) is 51.8 Å². The van der Waals surface area contributed by atoms with Crippen LogP contribution >= 0.6 is 11.6 Å². The number of ether oxygens (including phenoxy) is 5. The Balaban J connectivity index is 0.632. The van der Waals surface area contributed by atoms with Crippen molar-refractivity contribution in [3.8, 4) is 56.9 Å². The number of nitrogens with two attached hydrogens (primary N) is 1. The first kappa shape index (κ1) is 51.5. The Hall–Kier alpha value is -7.97. The Bertz CT molecular complexity index is 3270. The van der Waals surface area contributed by atoms with E-state index in [1.165, 1.54) is 6.33 Å². The third-order valence-corrected chi connectivity index (χ3v) is 13.7. The number of nitrogen functional groups attached to an aromatic ring is 1. The Kier molecular flexibility index (Phi) is 16.4. The first-order valence-electron chi connectivity index (χ1n) is 25.5. The molecule has 2 aliphatic heterocycles. The minimum absolute atomic E-state index is 0.0333. The molecule has 0 unspecified atom stereocenters. The van der Waals surface area contributed by atoms with Crippen molar-refractivity contribution in [3.05, 3.63) is 121 Å². The predicted molar refractivity (Wildman–Crippen MR) is 288 cm³/mol. The highest BCUT2D eigenvalue weighted by molar-refractivity contribution is 6.33. The number of rotatable bonds is 22. The fourth-order valence-corrected chi connectivity index (χ4v) is 9.66. The highest BCUT2D eigenvalue weighted by Gasteiger charge is 2.33. The summed E-state index contributed by atoms with van der Waals surface area (Å²) in [5, 5.41) is 25.9. The van der Waals surface area contributed by atoms with Gasteiger partial charge in [0.2, 0.25) is 11.8 Å². The zero-order valence-corrected chi connectivity index (χ0v) is 42.4. The standard InChI is InChI=1S/C56H58ClN11O8/c57-44-28-45-54(65-56(63-45)76-47-33-72-32-46(47)74-31-40(69)29-58)64-51(44)37-15-13-35(14-16-37)36-17-21-41(22-18-36)73-27-25-60-48(70)11-5-2-6-12-49(71)67-26-7-8-39(30-67)68-55-50(53(59)61-34-62-55)52(66-68)38-19-23-43(24-20-38)75-42-9-3-1-4-10-42/h1,3-4,9-10,13-24,28-29,34,39-40,46-47,58,69H,2,5-8,11-12,25-27,30-33H2,(H,60,70)(H2,59,61,62)(H,63,64,65)/t39-,40-,46-,47+/m1/s1. The highest BCUT2D eigenvalue weighted by Crippen LogP contribution is 2.36. The van der Waals surface area contributed by atoms with E-state index in [0.717, 1.165) is 53.5 Å². The maximum atomic E-state index is 13.5. The number of carbonyl (C=O) groups is 2. The van der Waals surface area contributed by atoms with Crippen LogP contribution in [-0.4, -0.2) is 127 Å². The molecule has 0 radical (unpaired) electrons. The maximum absolute atomic E-state index is 13.5. The third-order valence-electron chi connectivity index (χ3n) is 13.4. The smallest absolute Gasteiger partial charge is 0.296 e. The molecule has 0 spiro atoms. The maximum Gasteiger partial charge on any atom is 0.296 e. The second-order valence-corrected chi connectivity index (χ2v) is 19.1. The first-order valence-corrected chi connectivity index (χ1v) is 25.8. The number of H-pyrrole nitrogens is 1. The van der Waals surface area contributed by atoms with Crippen LogP contribution in [0.2, 0.25) is 5.02 Å². The zero-order chi connectivity index (χ0) is 52.4. The van der Waals surface area contributed by atoms with E-state index in [0.29, 0.717) is 114 Å². The molecule has 4 aromatic heterocycles. The number of pyridine rings is 1. The van der Waals surface area contributed by atoms with Gasteiger partial charge in [0.1, 0.15) is 53.9 Å². The number of likely N-dealkylation sites (tertiary alicyclic amines) is 1. The number of halogens is 1. The van der Waals surface area contributed by atoms with E-state index in [-0.39, 0.29) is 37.1 Å². The van der Waals surface area contributed by atoms with E-state index in [4.69, 9.17) is 56.5 Å². The molecule has 76 heavy (non-hydrogen) atoms. The zero-order valence-electron chi connectivity index (χ0n) is 41.6. The number of nitrogens with one attached hydrogen (secondary N) is 3. The monoisotopic (exact) mass is 1050 g/mol. The molecule has 0 aliphatic carbocycles. The second-order valence-electron chi connectivity index (χ2n) is 18.7. The minimum atomic E-state index is -0.998. The number of para-hydroxylation sites is 1. The molecule has 392 valence electrons. The van der Waals surface area contributed by atoms with Gasteiger partial charge in [-0.2, -0.15) is 10.1 Å². The van der Waals surface area contributed by atoms with Gasteiger partial charge < -0.3 is 55.1 Å². The van der Waals surface area contributed by atoms with Crippen molar-refractivity contribution >= 4 is 57.6 Å². The summed E-state index contributed by atoms with van der Waals surface area (Å²) in [6.45, 7) is 2.45. The summed E-state index contributed by atoms with van der Waals surface area (Å²) in [6, 6.07) is 34.9. The summed E-state index contributed by atoms with van der Waals surface area (Å²) in [5.41, 5.74) is 13.0. The Morgan fingerprint density at radius 3 is 2.36 bits per heavy atom. The lowest BCUT2D eigenvalue weighted by Crippen LogP contribution is -2.40. The highest BCUT2D eigenvalue weighted by atomic mass is 35.5. The number of benzene rings is 4. The molecule has 19 nitrogen and oxygen atoms in total. The van der Waals surface area contributed by atoms with E-state index < -0.39 is 18.3 Å². The SMILES string of the molecule is N=C[C@@H](O)CO[C@@H]1COC[C@@H]1Oc1nc2nc(-c3ccc(-c4ccc(OCCNC(=O)CCCCCC(=O)N5CCC[C@@H](n6nc(-c7ccc(Oc8ccccc8)cc7)c7c(N)ncnc76)C5)cc4)cc3)c(Cl)cc2[nH]1. The number of nitrogens with zero attached hydrogens (tertiary/aromatic N) is 7. The van der Waals surface area contributed by atoms with Gasteiger partial charge >= 0.3 is 0 Å². The Morgan fingerprint density at radius 1 is 0.868 bits per heavy atom. The van der Waals surface area contributed by atoms with Crippen molar-refractivity contribution in [1.82, 2.24) is 44.9 Å². The number of aromatic nitrogens is 7. The number of aromatic amines is 1. The lowest BCUT2D eigenvalue weighted by Gasteiger charge is -2.33. The van der Waals surface area contributed by atoms with Gasteiger partial charge in [0.25, 0.3) is 6.01 Å². The third kappa shape index (κ3) is 12.4. The summed E-state index contributed by atoms with van der Waals surface area (Å²) >= 11 is 6.70. The first-order chi connectivity index (χ1) is 37.1. The summed E-state index contributed by atoms with van der Waals surface area (Å²) in [4.78, 5) is 49.3. The number of aliphatic hydroxyl groups excluding tert-OH is 1. The topological polar surface area (TPSA) is 251 Å². The molecule has 2 amide bonds. The van der Waals surface area contributed by atoms with Crippen LogP contribution in [0.1, 0.15) is 51.0 Å². The average Bonchev–Trinajstić information content (AvgIpc) is 4.22. The number of amides is 2. The van der Waals surface area contributed by atoms with Gasteiger partial charge in [-0.25, -0.2) is 19.6 Å². The lowest BCUT2D eigenvalue weighted by molar-refractivity contribution is -0.133. The molecule has 0 bridgehead atoms. The van der Waals surface area contributed by atoms with Gasteiger partial charge in [-0.15, -0.1) is 0 Å². The molecular weight excluding hydrogens is 990 g/mol. The van der Waals surface area contributed by atoms with Crippen LogP contribution in [0.15, 0.2) is 116 Å². The number of anilines is 1. The molecule has 10 rings (SSSR count). The molecule has 6 heterocycles. The van der Waals surface area contributed by atoms with E-state index in [2.05, 4.69) is 25.3 Å². The van der Waals surface area contributed by atoms with Gasteiger partial charge in [-0.1, -0.05) is 72.6 Å². The number of hydrogen-bond acceptors (Lipinski definition) is 15. The summed E-state index contributed by atoms with van der Waals surface area (Å²) in [7, 11) is 0. The number of aliphatic hydroxyl groups is 1. The molecule has 4 aromatic carbocycles. The molecule has 2 saturated heterocycles. The normalized spacial score (nSPS) is 16.9. The quantitative estimate of drug-likeness (QED) is 0.0315. The summed E-state index contributed by atoms with van der Waals surface area (Å²) in [5.74, 6) is 2.53. The lowest BCUT2D eigenvalue weighted by atomic mass is 10.0. The van der Waals surface area contributed by atoms with Crippen molar-refractivity contribution < 1.29 is 38.4 Å². The second kappa shape index (κ2) is 24.1. The van der Waals surface area contributed by atoms with Crippen LogP contribution in [-0.2, 0) is 19.1 Å². The fraction of sp³-hybridized carbons (Fsp3) is 0.321. The molecule has 4 atom stereocenters. The molecule has 8 aromatic rings. The van der Waals surface area contributed by atoms with E-state index in [1.54, 1.807) is 6.07 Å². The summed E-state index contributed by atoms with van der Waals surface area (Å²) < 4.78 is 31.0. The van der Waals surface area contributed by atoms with E-state index in [9.17, 15) is 14.7 Å². The van der Waals surface area contributed by atoms with Gasteiger partial charge in [0, 0.05) is 43.3 Å². The minimum Gasteiger partial charge on any atom is -0.492 e. The van der Waals surface area contributed by atoms with Crippen LogP contribution < -0.4 is 25.3 Å². The van der Waals surface area contributed by atoms with Crippen LogP contribution in [0.3, 0.4) is 0 Å². The predicted octanol–water partition coefficient (Wildman–Crippen LogP) is 8.61. The van der Waals surface area contributed by atoms with Crippen LogP contribution in [0.4, 0.5) is 5.82 Å². The summed E-state index contributed by atoms with van der Waals surface area (Å²) in [6.07, 6.45) is 5.10. The van der Waals surface area contributed by atoms with Gasteiger partial charge in [-0.05, 0) is 91.4 Å². The van der Waals surface area contributed by atoms with Crippen molar-refractivity contribution in [3.63, 3.8) is 0 Å². The number of fused-ring (bicyclic) bond motifs is 2. The Labute approximate surface area is 443 Å². The van der Waals surface area contributed by atoms with Crippen molar-refractivity contribution in [2.24, 2.45) is 0 Å². The average molecular weight is 1050 g/mol. The number of carbonyl (C=O) groups excluding carboxylic acids is 2. The molecule has 0 saturated carbocycles. The molecule has 2 fully saturated rings. The number of piperidine rings is 1.